The van der Waals surface area contributed by atoms with Crippen molar-refractivity contribution in [3.8, 4) is 0 Å². The van der Waals surface area contributed by atoms with E-state index in [0.29, 0.717) is 37.0 Å². The van der Waals surface area contributed by atoms with Gasteiger partial charge in [0.1, 0.15) is 11.7 Å². The molecule has 7 heteroatoms. The number of carbonyl (C=O) groups is 1. The first-order valence-corrected chi connectivity index (χ1v) is 7.88. The van der Waals surface area contributed by atoms with Gasteiger partial charge in [-0.1, -0.05) is 5.16 Å². The summed E-state index contributed by atoms with van der Waals surface area (Å²) in [5.74, 6) is 1.13. The minimum absolute atomic E-state index is 0.00487. The second-order valence-electron chi connectivity index (χ2n) is 5.96. The van der Waals surface area contributed by atoms with Crippen LogP contribution in [0, 0.1) is 13.8 Å². The molecule has 0 saturated carbocycles. The van der Waals surface area contributed by atoms with Crippen LogP contribution in [0.4, 0.5) is 0 Å². The molecule has 0 aromatic carbocycles. The molecule has 1 atom stereocenters. The third-order valence-electron chi connectivity index (χ3n) is 4.18. The molecule has 1 fully saturated rings. The van der Waals surface area contributed by atoms with E-state index in [4.69, 9.17) is 9.26 Å². The number of hydrogen-bond acceptors (Lipinski definition) is 5. The van der Waals surface area contributed by atoms with Gasteiger partial charge in [0.2, 0.25) is 5.89 Å². The summed E-state index contributed by atoms with van der Waals surface area (Å²) in [6.45, 7) is 5.15. The van der Waals surface area contributed by atoms with Crippen LogP contribution in [0.25, 0.3) is 0 Å². The number of likely N-dealkylation sites (tertiary alicyclic amines) is 1. The van der Waals surface area contributed by atoms with Gasteiger partial charge in [-0.25, -0.2) is 0 Å². The van der Waals surface area contributed by atoms with Gasteiger partial charge in [0, 0.05) is 25.8 Å². The number of aromatic amines is 1. The highest BCUT2D eigenvalue weighted by molar-refractivity contribution is 5.94. The van der Waals surface area contributed by atoms with E-state index in [1.807, 2.05) is 24.8 Å². The van der Waals surface area contributed by atoms with Crippen molar-refractivity contribution in [1.82, 2.24) is 20.0 Å². The predicted molar refractivity (Wildman–Crippen MR) is 83.2 cm³/mol. The molecule has 0 bridgehead atoms. The van der Waals surface area contributed by atoms with Crippen molar-refractivity contribution in [3.05, 3.63) is 34.7 Å². The van der Waals surface area contributed by atoms with Gasteiger partial charge in [-0.15, -0.1) is 0 Å². The van der Waals surface area contributed by atoms with Crippen molar-refractivity contribution < 1.29 is 14.1 Å². The van der Waals surface area contributed by atoms with E-state index in [1.54, 1.807) is 7.11 Å². The summed E-state index contributed by atoms with van der Waals surface area (Å²) in [6.07, 6.45) is 2.39. The number of aryl methyl sites for hydroxylation is 2. The summed E-state index contributed by atoms with van der Waals surface area (Å²) in [7, 11) is 1.64. The van der Waals surface area contributed by atoms with Gasteiger partial charge in [-0.3, -0.25) is 4.79 Å². The number of amides is 1. The van der Waals surface area contributed by atoms with Gasteiger partial charge in [-0.2, -0.15) is 4.98 Å². The van der Waals surface area contributed by atoms with Crippen LogP contribution in [-0.4, -0.2) is 46.2 Å². The van der Waals surface area contributed by atoms with Crippen molar-refractivity contribution in [3.63, 3.8) is 0 Å². The molecule has 1 aliphatic heterocycles. The van der Waals surface area contributed by atoms with Crippen molar-refractivity contribution >= 4 is 5.91 Å². The van der Waals surface area contributed by atoms with Gasteiger partial charge < -0.3 is 19.1 Å². The third kappa shape index (κ3) is 3.14. The molecule has 7 nitrogen and oxygen atoms in total. The van der Waals surface area contributed by atoms with E-state index in [-0.39, 0.29) is 11.9 Å². The molecule has 23 heavy (non-hydrogen) atoms. The van der Waals surface area contributed by atoms with Crippen molar-refractivity contribution in [2.24, 2.45) is 0 Å². The van der Waals surface area contributed by atoms with Crippen molar-refractivity contribution in [1.29, 1.82) is 0 Å². The Morgan fingerprint density at radius 1 is 1.52 bits per heavy atom. The number of aromatic nitrogens is 3. The number of H-pyrrole nitrogens is 1. The van der Waals surface area contributed by atoms with Crippen LogP contribution in [0.2, 0.25) is 0 Å². The molecule has 0 unspecified atom stereocenters. The lowest BCUT2D eigenvalue weighted by Gasteiger charge is -2.21. The molecule has 2 aromatic heterocycles. The monoisotopic (exact) mass is 318 g/mol. The van der Waals surface area contributed by atoms with Crippen LogP contribution in [0.15, 0.2) is 10.6 Å². The van der Waals surface area contributed by atoms with Crippen molar-refractivity contribution in [2.75, 3.05) is 20.3 Å². The number of nitrogens with zero attached hydrogens (tertiary/aromatic N) is 3. The lowest BCUT2D eigenvalue weighted by atomic mass is 10.2. The zero-order valence-electron chi connectivity index (χ0n) is 13.8. The van der Waals surface area contributed by atoms with E-state index in [2.05, 4.69) is 15.1 Å². The Labute approximate surface area is 135 Å². The van der Waals surface area contributed by atoms with Crippen LogP contribution in [-0.2, 0) is 11.2 Å². The topological polar surface area (TPSA) is 84.3 Å². The van der Waals surface area contributed by atoms with Crippen LogP contribution >= 0.6 is 0 Å². The third-order valence-corrected chi connectivity index (χ3v) is 4.18. The quantitative estimate of drug-likeness (QED) is 0.913. The lowest BCUT2D eigenvalue weighted by Crippen LogP contribution is -2.31. The summed E-state index contributed by atoms with van der Waals surface area (Å²) in [4.78, 5) is 22.2. The minimum Gasteiger partial charge on any atom is -0.384 e. The summed E-state index contributed by atoms with van der Waals surface area (Å²) < 4.78 is 10.4. The Balaban J connectivity index is 1.78. The Kier molecular flexibility index (Phi) is 4.47. The molecular weight excluding hydrogens is 296 g/mol. The number of nitrogens with one attached hydrogen (secondary N) is 1. The van der Waals surface area contributed by atoms with Crippen LogP contribution < -0.4 is 0 Å². The zero-order valence-corrected chi connectivity index (χ0v) is 13.8. The van der Waals surface area contributed by atoms with E-state index in [9.17, 15) is 4.79 Å². The molecular formula is C16H22N4O3. The predicted octanol–water partition coefficient (Wildman–Crippen LogP) is 2.18. The van der Waals surface area contributed by atoms with Crippen LogP contribution in [0.1, 0.15) is 52.3 Å². The largest absolute Gasteiger partial charge is 0.384 e. The van der Waals surface area contributed by atoms with Crippen LogP contribution in [0.5, 0.6) is 0 Å². The molecule has 3 rings (SSSR count). The average Bonchev–Trinajstić information content (AvgIpc) is 3.23. The zero-order chi connectivity index (χ0) is 16.4. The van der Waals surface area contributed by atoms with Crippen molar-refractivity contribution in [2.45, 2.75) is 39.2 Å². The number of carbonyl (C=O) groups excluding carboxylic acids is 1. The van der Waals surface area contributed by atoms with E-state index >= 15 is 0 Å². The van der Waals surface area contributed by atoms with Gasteiger partial charge in [0.25, 0.3) is 5.91 Å². The highest BCUT2D eigenvalue weighted by Gasteiger charge is 2.35. The first-order chi connectivity index (χ1) is 11.1. The summed E-state index contributed by atoms with van der Waals surface area (Å²) in [5.41, 5.74) is 2.60. The smallest absolute Gasteiger partial charge is 0.271 e. The molecule has 1 amide bonds. The number of hydrogen-bond donors (Lipinski definition) is 1. The first-order valence-electron chi connectivity index (χ1n) is 7.88. The molecule has 1 saturated heterocycles. The second kappa shape index (κ2) is 6.54. The maximum absolute atomic E-state index is 12.8. The molecule has 1 aliphatic rings. The standard InChI is InChI=1S/C16H22N4O3/c1-10-9-11(2)17-14(10)16(21)20-7-4-5-12(20)15-18-13(19-23-15)6-8-22-3/h9,12,17H,4-8H2,1-3H3/t12-/m1/s1. The van der Waals surface area contributed by atoms with Gasteiger partial charge in [-0.05, 0) is 38.3 Å². The first kappa shape index (κ1) is 15.7. The van der Waals surface area contributed by atoms with Crippen LogP contribution in [0.3, 0.4) is 0 Å². The molecule has 124 valence electrons. The van der Waals surface area contributed by atoms with Gasteiger partial charge >= 0.3 is 0 Å². The maximum atomic E-state index is 12.8. The number of ether oxygens (including phenoxy) is 1. The highest BCUT2D eigenvalue weighted by Crippen LogP contribution is 2.32. The lowest BCUT2D eigenvalue weighted by molar-refractivity contribution is 0.0704. The molecule has 3 heterocycles. The Morgan fingerprint density at radius 3 is 3.04 bits per heavy atom. The molecule has 1 N–H and O–H groups in total. The summed E-state index contributed by atoms with van der Waals surface area (Å²) >= 11 is 0. The summed E-state index contributed by atoms with van der Waals surface area (Å²) in [6, 6.07) is 1.84. The molecule has 0 aliphatic carbocycles. The summed E-state index contributed by atoms with van der Waals surface area (Å²) in [5, 5.41) is 3.97. The minimum atomic E-state index is -0.144. The Hall–Kier alpha value is -2.15. The molecule has 0 radical (unpaired) electrons. The highest BCUT2D eigenvalue weighted by atomic mass is 16.5. The number of rotatable bonds is 5. The Morgan fingerprint density at radius 2 is 2.35 bits per heavy atom. The molecule has 0 spiro atoms. The second-order valence-corrected chi connectivity index (χ2v) is 5.96. The molecule has 2 aromatic rings. The average molecular weight is 318 g/mol. The maximum Gasteiger partial charge on any atom is 0.271 e. The van der Waals surface area contributed by atoms with Gasteiger partial charge in [0.05, 0.1) is 6.61 Å². The fourth-order valence-corrected chi connectivity index (χ4v) is 3.06. The normalized spacial score (nSPS) is 17.9. The fraction of sp³-hybridized carbons (Fsp3) is 0.562. The SMILES string of the molecule is COCCc1noc([C@H]2CCCN2C(=O)c2[nH]c(C)cc2C)n1. The Bertz CT molecular complexity index is 691. The van der Waals surface area contributed by atoms with E-state index in [1.165, 1.54) is 0 Å². The van der Waals surface area contributed by atoms with E-state index in [0.717, 1.165) is 24.1 Å². The van der Waals surface area contributed by atoms with E-state index < -0.39 is 0 Å². The van der Waals surface area contributed by atoms with Gasteiger partial charge in [0.15, 0.2) is 5.82 Å². The fourth-order valence-electron chi connectivity index (χ4n) is 3.06. The number of methoxy groups -OCH3 is 1.